The number of likely N-dealkylation sites (tertiary alicyclic amines) is 2. The van der Waals surface area contributed by atoms with Gasteiger partial charge in [0.1, 0.15) is 0 Å². The molecule has 3 saturated carbocycles. The maximum Gasteiger partial charge on any atom is 0.403 e. The summed E-state index contributed by atoms with van der Waals surface area (Å²) < 4.78 is 90.5. The number of hydrogen-bond donors (Lipinski definition) is 1. The molecule has 0 aromatic carbocycles. The number of rotatable bonds is 3. The summed E-state index contributed by atoms with van der Waals surface area (Å²) in [5.41, 5.74) is 2.20. The molecule has 2 saturated heterocycles. The molecular weight excluding hydrogens is 580 g/mol. The zero-order valence-corrected chi connectivity index (χ0v) is 25.0. The number of carbonyl (C=O) groups excluding carboxylic acids is 4. The van der Waals surface area contributed by atoms with E-state index in [0.717, 1.165) is 9.80 Å². The first-order chi connectivity index (χ1) is 19.8. The number of halogens is 6. The predicted octanol–water partition coefficient (Wildman–Crippen LogP) is 4.78. The molecule has 43 heavy (non-hydrogen) atoms. The average molecular weight is 622 g/mol. The summed E-state index contributed by atoms with van der Waals surface area (Å²) in [5.74, 6) is -11.5. The van der Waals surface area contributed by atoms with Crippen molar-refractivity contribution in [3.05, 3.63) is 0 Å². The van der Waals surface area contributed by atoms with E-state index in [4.69, 9.17) is 5.73 Å². The van der Waals surface area contributed by atoms with Gasteiger partial charge in [-0.3, -0.25) is 29.0 Å². The normalized spacial score (nSPS) is 42.9. The Hall–Kier alpha value is -2.18. The highest BCUT2D eigenvalue weighted by atomic mass is 19.4. The summed E-state index contributed by atoms with van der Waals surface area (Å²) in [6, 6.07) is -0.737. The van der Waals surface area contributed by atoms with Crippen molar-refractivity contribution in [3.8, 4) is 0 Å². The second-order valence-electron chi connectivity index (χ2n) is 14.1. The highest BCUT2D eigenvalue weighted by Crippen LogP contribution is 2.67. The van der Waals surface area contributed by atoms with Gasteiger partial charge in [-0.1, -0.05) is 27.7 Å². The largest absolute Gasteiger partial charge is 0.403 e. The van der Waals surface area contributed by atoms with Gasteiger partial charge in [0.15, 0.2) is 5.41 Å². The van der Waals surface area contributed by atoms with Crippen LogP contribution in [0.1, 0.15) is 66.2 Å². The molecular formula is C30H41F6N3O4. The number of carbonyl (C=O) groups is 4. The van der Waals surface area contributed by atoms with Crippen LogP contribution in [0.25, 0.3) is 0 Å². The Kier molecular flexibility index (Phi) is 7.82. The van der Waals surface area contributed by atoms with Crippen molar-refractivity contribution < 1.29 is 45.5 Å². The first-order valence-corrected chi connectivity index (χ1v) is 15.4. The number of hydrogen-bond acceptors (Lipinski definition) is 5. The van der Waals surface area contributed by atoms with Crippen LogP contribution in [0.5, 0.6) is 0 Å². The Morgan fingerprint density at radius 3 is 1.42 bits per heavy atom. The van der Waals surface area contributed by atoms with Gasteiger partial charge < -0.3 is 5.73 Å². The van der Waals surface area contributed by atoms with Gasteiger partial charge in [-0.05, 0) is 74.0 Å². The van der Waals surface area contributed by atoms with E-state index in [9.17, 15) is 19.2 Å². The molecule has 13 heteroatoms. The lowest BCUT2D eigenvalue weighted by molar-refractivity contribution is -0.383. The van der Waals surface area contributed by atoms with Crippen LogP contribution in [0.3, 0.4) is 0 Å². The molecule has 10 unspecified atom stereocenters. The molecule has 242 valence electrons. The zero-order chi connectivity index (χ0) is 32.1. The summed E-state index contributed by atoms with van der Waals surface area (Å²) in [6.45, 7) is 7.61. The monoisotopic (exact) mass is 621 g/mol. The van der Waals surface area contributed by atoms with Gasteiger partial charge in [0.2, 0.25) is 23.6 Å². The molecule has 4 amide bonds. The smallest absolute Gasteiger partial charge is 0.327 e. The summed E-state index contributed by atoms with van der Waals surface area (Å²) in [7, 11) is 1.19. The van der Waals surface area contributed by atoms with Gasteiger partial charge in [-0.2, -0.15) is 26.3 Å². The number of fused-ring (bicyclic) bond motifs is 2. The van der Waals surface area contributed by atoms with Crippen LogP contribution in [0.15, 0.2) is 0 Å². The first-order valence-electron chi connectivity index (χ1n) is 15.4. The number of nitrogens with two attached hydrogens (primary N) is 1. The fourth-order valence-corrected chi connectivity index (χ4v) is 9.84. The maximum absolute atomic E-state index is 15.1. The fourth-order valence-electron chi connectivity index (χ4n) is 9.84. The lowest BCUT2D eigenvalue weighted by Gasteiger charge is -2.52. The minimum Gasteiger partial charge on any atom is -0.327 e. The van der Waals surface area contributed by atoms with Crippen LogP contribution in [0.4, 0.5) is 26.3 Å². The highest BCUT2D eigenvalue weighted by Gasteiger charge is 2.78. The number of nitrogens with zero attached hydrogens (tertiary/aromatic N) is 2. The van der Waals surface area contributed by atoms with Gasteiger partial charge in [0.05, 0.1) is 23.7 Å². The van der Waals surface area contributed by atoms with Crippen LogP contribution >= 0.6 is 0 Å². The molecule has 2 heterocycles. The van der Waals surface area contributed by atoms with Gasteiger partial charge in [0.25, 0.3) is 0 Å². The molecule has 0 radical (unpaired) electrons. The van der Waals surface area contributed by atoms with Crippen LogP contribution < -0.4 is 5.73 Å². The standard InChI is InChI=1S/C30H41F6N3O4/c1-12-14(3)23(15(4)13(2)22(12)37)39-26(42)19-9-7-17(11-21(19)27(39)43)28(29(31,32)33,30(34,35)36)16-6-8-18-20(10-16)25(41)38(5)24(18)40/h12-23H,6-11,37H2,1-5H3. The van der Waals surface area contributed by atoms with E-state index in [1.165, 1.54) is 7.05 Å². The van der Waals surface area contributed by atoms with Crippen molar-refractivity contribution in [2.75, 3.05) is 7.05 Å². The molecule has 5 rings (SSSR count). The zero-order valence-electron chi connectivity index (χ0n) is 25.0. The van der Waals surface area contributed by atoms with Crippen LogP contribution in [0.2, 0.25) is 0 Å². The Bertz CT molecular complexity index is 1160. The number of amides is 4. The molecule has 10 atom stereocenters. The molecule has 5 aliphatic rings. The maximum atomic E-state index is 15.1. The van der Waals surface area contributed by atoms with E-state index in [2.05, 4.69) is 0 Å². The second kappa shape index (κ2) is 10.4. The topological polar surface area (TPSA) is 101 Å². The molecule has 0 spiro atoms. The van der Waals surface area contributed by atoms with Gasteiger partial charge >= 0.3 is 12.4 Å². The van der Waals surface area contributed by atoms with Crippen LogP contribution in [-0.4, -0.2) is 64.9 Å². The van der Waals surface area contributed by atoms with Crippen molar-refractivity contribution in [3.63, 3.8) is 0 Å². The molecule has 2 aliphatic heterocycles. The molecule has 2 N–H and O–H groups in total. The summed E-state index contributed by atoms with van der Waals surface area (Å²) >= 11 is 0. The van der Waals surface area contributed by atoms with Crippen LogP contribution in [0, 0.1) is 64.6 Å². The molecule has 0 aromatic rings. The van der Waals surface area contributed by atoms with E-state index in [0.29, 0.717) is 0 Å². The highest BCUT2D eigenvalue weighted by molar-refractivity contribution is 6.06. The molecule has 0 bridgehead atoms. The van der Waals surface area contributed by atoms with Crippen molar-refractivity contribution in [1.82, 2.24) is 9.80 Å². The van der Waals surface area contributed by atoms with E-state index in [1.54, 1.807) is 0 Å². The third-order valence-electron chi connectivity index (χ3n) is 12.6. The van der Waals surface area contributed by atoms with E-state index in [-0.39, 0.29) is 42.6 Å². The van der Waals surface area contributed by atoms with Crippen molar-refractivity contribution in [2.45, 2.75) is 90.7 Å². The van der Waals surface area contributed by atoms with Crippen molar-refractivity contribution in [2.24, 2.45) is 70.3 Å². The number of imide groups is 2. The Morgan fingerprint density at radius 2 is 0.977 bits per heavy atom. The third-order valence-corrected chi connectivity index (χ3v) is 12.6. The SMILES string of the molecule is CC1C(C)C(N2C(=O)C3CCC(C(C4CCC5C(=O)N(C)C(=O)C5C4)(C(F)(F)F)C(F)(F)F)CC3C2=O)C(C)C(C)C1N. The van der Waals surface area contributed by atoms with E-state index < -0.39 is 109 Å². The first kappa shape index (κ1) is 32.2. The summed E-state index contributed by atoms with van der Waals surface area (Å²) in [4.78, 5) is 54.6. The second-order valence-corrected chi connectivity index (χ2v) is 14.1. The van der Waals surface area contributed by atoms with E-state index >= 15 is 26.3 Å². The molecule has 3 aliphatic carbocycles. The minimum atomic E-state index is -5.74. The predicted molar refractivity (Wildman–Crippen MR) is 141 cm³/mol. The Morgan fingerprint density at radius 1 is 0.605 bits per heavy atom. The van der Waals surface area contributed by atoms with Gasteiger partial charge in [0, 0.05) is 19.1 Å². The van der Waals surface area contributed by atoms with Crippen molar-refractivity contribution in [1.29, 1.82) is 0 Å². The lowest BCUT2D eigenvalue weighted by Crippen LogP contribution is -2.61. The fraction of sp³-hybridized carbons (Fsp3) is 0.867. The summed E-state index contributed by atoms with van der Waals surface area (Å²) in [5, 5.41) is 0. The number of alkyl halides is 6. The Labute approximate surface area is 247 Å². The average Bonchev–Trinajstić information content (AvgIpc) is 3.29. The lowest BCUT2D eigenvalue weighted by atomic mass is 9.54. The Balaban J connectivity index is 1.49. The van der Waals surface area contributed by atoms with Crippen molar-refractivity contribution >= 4 is 23.6 Å². The van der Waals surface area contributed by atoms with E-state index in [1.807, 2.05) is 27.7 Å². The van der Waals surface area contributed by atoms with Crippen LogP contribution in [-0.2, 0) is 19.2 Å². The third kappa shape index (κ3) is 4.40. The molecule has 7 nitrogen and oxygen atoms in total. The molecule has 5 fully saturated rings. The quantitative estimate of drug-likeness (QED) is 0.361. The van der Waals surface area contributed by atoms with Gasteiger partial charge in [-0.15, -0.1) is 0 Å². The molecule has 0 aromatic heterocycles. The minimum absolute atomic E-state index is 0.0605. The summed E-state index contributed by atoms with van der Waals surface area (Å²) in [6.07, 6.45) is -14.5. The van der Waals surface area contributed by atoms with Gasteiger partial charge in [-0.25, -0.2) is 0 Å².